The predicted molar refractivity (Wildman–Crippen MR) is 160 cm³/mol. The van der Waals surface area contributed by atoms with Crippen LogP contribution >= 0.6 is 36.2 Å². The zero-order chi connectivity index (χ0) is 25.5. The van der Waals surface area contributed by atoms with Crippen molar-refractivity contribution in [1.29, 1.82) is 0 Å². The molecule has 0 unspecified atom stereocenters. The van der Waals surface area contributed by atoms with Crippen molar-refractivity contribution < 1.29 is 19.8 Å². The van der Waals surface area contributed by atoms with Crippen LogP contribution in [0.3, 0.4) is 0 Å². The molecule has 0 atom stereocenters. The van der Waals surface area contributed by atoms with Crippen LogP contribution in [0.25, 0.3) is 20.2 Å². The van der Waals surface area contributed by atoms with E-state index in [1.807, 2.05) is 12.1 Å². The number of aryl methyl sites for hydroxylation is 2. The van der Waals surface area contributed by atoms with Gasteiger partial charge in [-0.2, -0.15) is 0 Å². The molecule has 0 spiro atoms. The molecule has 0 amide bonds. The van der Waals surface area contributed by atoms with Crippen LogP contribution in [0.1, 0.15) is 72.4 Å². The van der Waals surface area contributed by atoms with E-state index in [-0.39, 0.29) is 30.4 Å². The van der Waals surface area contributed by atoms with E-state index in [1.54, 1.807) is 23.5 Å². The molecule has 3 rings (SSSR count). The number of fused-ring (bicyclic) bond motifs is 3. The van der Waals surface area contributed by atoms with Gasteiger partial charge in [0.25, 0.3) is 0 Å². The third kappa shape index (κ3) is 7.80. The molecule has 0 aliphatic rings. The van der Waals surface area contributed by atoms with E-state index in [4.69, 9.17) is 0 Å². The van der Waals surface area contributed by atoms with Gasteiger partial charge in [0, 0.05) is 20.2 Å². The van der Waals surface area contributed by atoms with E-state index >= 15 is 0 Å². The predicted octanol–water partition coefficient (Wildman–Crippen LogP) is 6.84. The number of hydrogen-bond donors (Lipinski definition) is 2. The first kappa shape index (κ1) is 33.1. The third-order valence-electron chi connectivity index (χ3n) is 7.02. The summed E-state index contributed by atoms with van der Waals surface area (Å²) >= 11 is 1.62. The molecular formula is C28H40Cl2N2O4S. The monoisotopic (exact) mass is 570 g/mol. The van der Waals surface area contributed by atoms with E-state index in [9.17, 15) is 19.8 Å². The fourth-order valence-corrected chi connectivity index (χ4v) is 6.16. The van der Waals surface area contributed by atoms with E-state index in [1.165, 1.54) is 0 Å². The van der Waals surface area contributed by atoms with Gasteiger partial charge < -0.3 is 20.0 Å². The van der Waals surface area contributed by atoms with Crippen molar-refractivity contribution in [3.05, 3.63) is 46.5 Å². The smallest absolute Gasteiger partial charge is 0.336 e. The number of carboxylic acid groups (broad SMARTS) is 2. The fraction of sp³-hybridized carbons (Fsp3) is 0.500. The van der Waals surface area contributed by atoms with Gasteiger partial charge in [0.2, 0.25) is 0 Å². The maximum Gasteiger partial charge on any atom is 0.336 e. The summed E-state index contributed by atoms with van der Waals surface area (Å²) in [5.74, 6) is -1.86. The SMILES string of the molecule is CCN(CC)CCCc1cc2sc3ccc(C(=O)O)cc3c2c(CCCN(CC)CC)c1C(=O)O.Cl.Cl. The van der Waals surface area contributed by atoms with Crippen LogP contribution in [-0.4, -0.2) is 71.2 Å². The number of carboxylic acids is 2. The summed E-state index contributed by atoms with van der Waals surface area (Å²) in [6.07, 6.45) is 3.13. The van der Waals surface area contributed by atoms with Crippen LogP contribution in [0, 0.1) is 0 Å². The Bertz CT molecular complexity index is 1190. The topological polar surface area (TPSA) is 81.1 Å². The molecule has 0 fully saturated rings. The largest absolute Gasteiger partial charge is 0.478 e. The minimum absolute atomic E-state index is 0. The number of thiophene rings is 1. The standard InChI is InChI=1S/C28H38N2O4S.2ClH/c1-5-29(6-2)15-9-11-19-18-24-26(22-17-20(27(31)32)13-14-23(22)35-24)21(25(19)28(33)34)12-10-16-30(7-3)8-4;;/h13-14,17-18H,5-12,15-16H2,1-4H3,(H,31,32)(H,33,34);2*1H. The van der Waals surface area contributed by atoms with Gasteiger partial charge in [-0.15, -0.1) is 36.2 Å². The Morgan fingerprint density at radius 2 is 1.35 bits per heavy atom. The normalized spacial score (nSPS) is 11.2. The summed E-state index contributed by atoms with van der Waals surface area (Å²) in [4.78, 5) is 29.0. The van der Waals surface area contributed by atoms with Crippen LogP contribution in [0.4, 0.5) is 0 Å². The van der Waals surface area contributed by atoms with Gasteiger partial charge in [0.15, 0.2) is 0 Å². The molecule has 0 saturated carbocycles. The van der Waals surface area contributed by atoms with Gasteiger partial charge in [-0.05, 0) is 100 Å². The molecular weight excluding hydrogens is 531 g/mol. The molecule has 0 radical (unpaired) electrons. The summed E-state index contributed by atoms with van der Waals surface area (Å²) in [5.41, 5.74) is 2.39. The average Bonchev–Trinajstić information content (AvgIpc) is 3.21. The molecule has 0 aliphatic carbocycles. The highest BCUT2D eigenvalue weighted by atomic mass is 35.5. The van der Waals surface area contributed by atoms with E-state index in [0.717, 1.165) is 83.4 Å². The summed E-state index contributed by atoms with van der Waals surface area (Å²) in [6, 6.07) is 7.23. The lowest BCUT2D eigenvalue weighted by atomic mass is 9.90. The second kappa shape index (κ2) is 15.5. The van der Waals surface area contributed by atoms with Crippen molar-refractivity contribution in [3.8, 4) is 0 Å². The highest BCUT2D eigenvalue weighted by Crippen LogP contribution is 2.40. The van der Waals surface area contributed by atoms with Crippen LogP contribution in [0.5, 0.6) is 0 Å². The van der Waals surface area contributed by atoms with Gasteiger partial charge >= 0.3 is 11.9 Å². The number of halogens is 2. The number of rotatable bonds is 14. The fourth-order valence-electron chi connectivity index (χ4n) is 4.98. The molecule has 0 saturated heterocycles. The molecule has 0 bridgehead atoms. The van der Waals surface area contributed by atoms with Crippen molar-refractivity contribution in [1.82, 2.24) is 9.80 Å². The van der Waals surface area contributed by atoms with Gasteiger partial charge in [-0.3, -0.25) is 0 Å². The number of carbonyl (C=O) groups is 2. The minimum Gasteiger partial charge on any atom is -0.478 e. The Labute approximate surface area is 236 Å². The Morgan fingerprint density at radius 3 is 1.86 bits per heavy atom. The van der Waals surface area contributed by atoms with Gasteiger partial charge in [0.1, 0.15) is 0 Å². The van der Waals surface area contributed by atoms with Gasteiger partial charge in [-0.25, -0.2) is 9.59 Å². The average molecular weight is 572 g/mol. The second-order valence-corrected chi connectivity index (χ2v) is 10.0. The van der Waals surface area contributed by atoms with Crippen molar-refractivity contribution in [2.45, 2.75) is 53.4 Å². The Kier molecular flexibility index (Phi) is 13.9. The van der Waals surface area contributed by atoms with Crippen LogP contribution in [-0.2, 0) is 12.8 Å². The van der Waals surface area contributed by atoms with Crippen LogP contribution in [0.2, 0.25) is 0 Å². The Balaban J connectivity index is 0.00000342. The molecule has 0 aliphatic heterocycles. The van der Waals surface area contributed by atoms with Gasteiger partial charge in [0.05, 0.1) is 11.1 Å². The number of benzene rings is 2. The van der Waals surface area contributed by atoms with E-state index in [2.05, 4.69) is 37.5 Å². The molecule has 2 aromatic carbocycles. The lowest BCUT2D eigenvalue weighted by molar-refractivity contribution is 0.0684. The number of nitrogens with zero attached hydrogens (tertiary/aromatic N) is 2. The number of hydrogen-bond acceptors (Lipinski definition) is 5. The Hall–Kier alpha value is -1.90. The summed E-state index contributed by atoms with van der Waals surface area (Å²) in [5, 5.41) is 21.7. The third-order valence-corrected chi connectivity index (χ3v) is 8.13. The maximum atomic E-state index is 12.6. The quantitative estimate of drug-likeness (QED) is 0.221. The lowest BCUT2D eigenvalue weighted by Gasteiger charge is -2.20. The summed E-state index contributed by atoms with van der Waals surface area (Å²) in [6.45, 7) is 14.3. The number of aromatic carboxylic acids is 2. The van der Waals surface area contributed by atoms with E-state index < -0.39 is 11.9 Å². The van der Waals surface area contributed by atoms with Crippen molar-refractivity contribution in [3.63, 3.8) is 0 Å². The van der Waals surface area contributed by atoms with Crippen molar-refractivity contribution in [2.24, 2.45) is 0 Å². The Morgan fingerprint density at radius 1 is 0.784 bits per heavy atom. The molecule has 1 heterocycles. The highest BCUT2D eigenvalue weighted by Gasteiger charge is 2.22. The molecule has 6 nitrogen and oxygen atoms in total. The van der Waals surface area contributed by atoms with E-state index in [0.29, 0.717) is 18.4 Å². The van der Waals surface area contributed by atoms with Crippen LogP contribution < -0.4 is 0 Å². The zero-order valence-corrected chi connectivity index (χ0v) is 24.7. The molecule has 206 valence electrons. The molecule has 3 aromatic rings. The van der Waals surface area contributed by atoms with Gasteiger partial charge in [-0.1, -0.05) is 27.7 Å². The first-order chi connectivity index (χ1) is 16.8. The lowest BCUT2D eigenvalue weighted by Crippen LogP contribution is -2.25. The molecule has 2 N–H and O–H groups in total. The first-order valence-corrected chi connectivity index (χ1v) is 13.6. The maximum absolute atomic E-state index is 12.6. The molecule has 1 aromatic heterocycles. The first-order valence-electron chi connectivity index (χ1n) is 12.8. The molecule has 9 heteroatoms. The minimum atomic E-state index is -0.971. The second-order valence-electron chi connectivity index (χ2n) is 8.95. The highest BCUT2D eigenvalue weighted by molar-refractivity contribution is 7.25. The van der Waals surface area contributed by atoms with Crippen LogP contribution in [0.15, 0.2) is 24.3 Å². The van der Waals surface area contributed by atoms with Crippen molar-refractivity contribution >= 4 is 68.3 Å². The molecule has 37 heavy (non-hydrogen) atoms. The summed E-state index contributed by atoms with van der Waals surface area (Å²) < 4.78 is 2.04. The zero-order valence-electron chi connectivity index (χ0n) is 22.2. The summed E-state index contributed by atoms with van der Waals surface area (Å²) in [7, 11) is 0. The van der Waals surface area contributed by atoms with Crippen molar-refractivity contribution in [2.75, 3.05) is 39.3 Å².